The maximum atomic E-state index is 12.1. The number of halogens is 1. The molecule has 0 atom stereocenters. The van der Waals surface area contributed by atoms with Crippen molar-refractivity contribution in [2.45, 2.75) is 4.90 Å². The van der Waals surface area contributed by atoms with Crippen molar-refractivity contribution in [2.24, 2.45) is 0 Å². The molecular weight excluding hydrogens is 304 g/mol. The summed E-state index contributed by atoms with van der Waals surface area (Å²) in [7, 11) is -3.88. The topological polar surface area (TPSA) is 89.3 Å². The van der Waals surface area contributed by atoms with Crippen molar-refractivity contribution in [3.63, 3.8) is 0 Å². The van der Waals surface area contributed by atoms with Crippen molar-refractivity contribution >= 4 is 33.0 Å². The summed E-state index contributed by atoms with van der Waals surface area (Å²) in [6.07, 6.45) is 0. The second-order valence-electron chi connectivity index (χ2n) is 3.84. The summed E-state index contributed by atoms with van der Waals surface area (Å²) in [6.45, 7) is 0. The van der Waals surface area contributed by atoms with Crippen LogP contribution in [0.2, 0.25) is 5.02 Å². The molecule has 8 heteroatoms. The molecule has 0 radical (unpaired) electrons. The lowest BCUT2D eigenvalue weighted by Crippen LogP contribution is -2.13. The van der Waals surface area contributed by atoms with E-state index < -0.39 is 20.6 Å². The lowest BCUT2D eigenvalue weighted by atomic mass is 10.3. The molecule has 0 spiro atoms. The van der Waals surface area contributed by atoms with Crippen molar-refractivity contribution in [1.29, 1.82) is 0 Å². The minimum Gasteiger partial charge on any atom is -0.273 e. The van der Waals surface area contributed by atoms with Crippen LogP contribution in [0, 0.1) is 10.1 Å². The number of nitro benzene ring substituents is 1. The van der Waals surface area contributed by atoms with Gasteiger partial charge in [-0.1, -0.05) is 29.8 Å². The highest BCUT2D eigenvalue weighted by Crippen LogP contribution is 2.29. The number of nitro groups is 1. The number of sulfonamides is 1. The number of hydrogen-bond donors (Lipinski definition) is 1. The van der Waals surface area contributed by atoms with Gasteiger partial charge in [0.1, 0.15) is 5.69 Å². The molecule has 0 bridgehead atoms. The Morgan fingerprint density at radius 2 is 1.75 bits per heavy atom. The molecule has 6 nitrogen and oxygen atoms in total. The summed E-state index contributed by atoms with van der Waals surface area (Å²) in [5.74, 6) is 0. The molecule has 0 aromatic heterocycles. The van der Waals surface area contributed by atoms with E-state index in [4.69, 9.17) is 11.6 Å². The Balaban J connectivity index is 2.43. The molecule has 2 aromatic carbocycles. The summed E-state index contributed by atoms with van der Waals surface area (Å²) >= 11 is 5.67. The van der Waals surface area contributed by atoms with E-state index in [1.54, 1.807) is 18.2 Å². The van der Waals surface area contributed by atoms with Gasteiger partial charge in [0.05, 0.1) is 9.82 Å². The lowest BCUT2D eigenvalue weighted by Gasteiger charge is -2.08. The Bertz CT molecular complexity index is 747. The van der Waals surface area contributed by atoms with Gasteiger partial charge in [-0.3, -0.25) is 14.8 Å². The van der Waals surface area contributed by atoms with Crippen LogP contribution in [0.15, 0.2) is 53.4 Å². The van der Waals surface area contributed by atoms with E-state index in [9.17, 15) is 18.5 Å². The standard InChI is InChI=1S/C12H9ClN2O4S/c13-9-6-7-11(12(8-9)15(16)17)14-20(18,19)10-4-2-1-3-5-10/h1-8,14H. The van der Waals surface area contributed by atoms with Crippen LogP contribution in [0.5, 0.6) is 0 Å². The molecule has 0 saturated carbocycles. The minimum atomic E-state index is -3.88. The van der Waals surface area contributed by atoms with E-state index in [0.29, 0.717) is 0 Å². The molecule has 2 rings (SSSR count). The SMILES string of the molecule is O=[N+]([O-])c1cc(Cl)ccc1NS(=O)(=O)c1ccccc1. The van der Waals surface area contributed by atoms with Gasteiger partial charge in [0.2, 0.25) is 0 Å². The summed E-state index contributed by atoms with van der Waals surface area (Å²) in [6, 6.07) is 11.3. The van der Waals surface area contributed by atoms with Crippen LogP contribution >= 0.6 is 11.6 Å². The third-order valence-corrected chi connectivity index (χ3v) is 4.07. The van der Waals surface area contributed by atoms with E-state index >= 15 is 0 Å². The summed E-state index contributed by atoms with van der Waals surface area (Å²) in [5.41, 5.74) is -0.541. The van der Waals surface area contributed by atoms with Gasteiger partial charge in [-0.25, -0.2) is 8.42 Å². The van der Waals surface area contributed by atoms with Crippen molar-refractivity contribution in [3.8, 4) is 0 Å². The van der Waals surface area contributed by atoms with Crippen LogP contribution in [-0.2, 0) is 10.0 Å². The second-order valence-corrected chi connectivity index (χ2v) is 5.96. The van der Waals surface area contributed by atoms with E-state index in [1.807, 2.05) is 0 Å². The van der Waals surface area contributed by atoms with E-state index in [2.05, 4.69) is 4.72 Å². The van der Waals surface area contributed by atoms with Crippen LogP contribution in [-0.4, -0.2) is 13.3 Å². The zero-order chi connectivity index (χ0) is 14.8. The summed E-state index contributed by atoms with van der Waals surface area (Å²) in [5, 5.41) is 11.1. The first-order valence-corrected chi connectivity index (χ1v) is 7.28. The number of nitrogens with one attached hydrogen (secondary N) is 1. The molecule has 2 aromatic rings. The predicted octanol–water partition coefficient (Wildman–Crippen LogP) is 3.05. The van der Waals surface area contributed by atoms with Crippen LogP contribution in [0.1, 0.15) is 0 Å². The Morgan fingerprint density at radius 1 is 1.10 bits per heavy atom. The van der Waals surface area contributed by atoms with Crippen molar-refractivity contribution in [1.82, 2.24) is 0 Å². The maximum Gasteiger partial charge on any atom is 0.294 e. The number of benzene rings is 2. The highest BCUT2D eigenvalue weighted by molar-refractivity contribution is 7.92. The monoisotopic (exact) mass is 312 g/mol. The zero-order valence-corrected chi connectivity index (χ0v) is 11.6. The van der Waals surface area contributed by atoms with Gasteiger partial charge in [-0.05, 0) is 24.3 Å². The normalized spacial score (nSPS) is 11.1. The third-order valence-electron chi connectivity index (χ3n) is 2.45. The first-order chi connectivity index (χ1) is 9.40. The number of hydrogen-bond acceptors (Lipinski definition) is 4. The predicted molar refractivity (Wildman–Crippen MR) is 75.4 cm³/mol. The van der Waals surface area contributed by atoms with Gasteiger partial charge in [0, 0.05) is 11.1 Å². The molecule has 0 aliphatic rings. The van der Waals surface area contributed by atoms with Crippen LogP contribution in [0.3, 0.4) is 0 Å². The lowest BCUT2D eigenvalue weighted by molar-refractivity contribution is -0.383. The van der Waals surface area contributed by atoms with Gasteiger partial charge in [-0.15, -0.1) is 0 Å². The molecule has 20 heavy (non-hydrogen) atoms. The first kappa shape index (κ1) is 14.3. The molecule has 0 aliphatic carbocycles. The Kier molecular flexibility index (Phi) is 3.91. The molecule has 1 N–H and O–H groups in total. The summed E-state index contributed by atoms with van der Waals surface area (Å²) in [4.78, 5) is 10.2. The molecular formula is C12H9ClN2O4S. The Hall–Kier alpha value is -2.12. The van der Waals surface area contributed by atoms with Crippen molar-refractivity contribution in [2.75, 3.05) is 4.72 Å². The molecule has 0 aliphatic heterocycles. The highest BCUT2D eigenvalue weighted by Gasteiger charge is 2.20. The largest absolute Gasteiger partial charge is 0.294 e. The minimum absolute atomic E-state index is 0.0178. The average molecular weight is 313 g/mol. The van der Waals surface area contributed by atoms with E-state index in [0.717, 1.165) is 6.07 Å². The fourth-order valence-electron chi connectivity index (χ4n) is 1.55. The summed E-state index contributed by atoms with van der Waals surface area (Å²) < 4.78 is 26.4. The van der Waals surface area contributed by atoms with Crippen molar-refractivity contribution < 1.29 is 13.3 Å². The quantitative estimate of drug-likeness (QED) is 0.694. The highest BCUT2D eigenvalue weighted by atomic mass is 35.5. The molecule has 0 saturated heterocycles. The van der Waals surface area contributed by atoms with Crippen LogP contribution in [0.25, 0.3) is 0 Å². The van der Waals surface area contributed by atoms with Crippen LogP contribution < -0.4 is 4.72 Å². The van der Waals surface area contributed by atoms with E-state index in [-0.39, 0.29) is 15.6 Å². The molecule has 0 amide bonds. The molecule has 0 unspecified atom stereocenters. The Morgan fingerprint density at radius 3 is 2.35 bits per heavy atom. The third kappa shape index (κ3) is 3.06. The van der Waals surface area contributed by atoms with Crippen LogP contribution in [0.4, 0.5) is 11.4 Å². The smallest absolute Gasteiger partial charge is 0.273 e. The van der Waals surface area contributed by atoms with Gasteiger partial charge in [0.25, 0.3) is 15.7 Å². The maximum absolute atomic E-state index is 12.1. The van der Waals surface area contributed by atoms with Crippen molar-refractivity contribution in [3.05, 3.63) is 63.7 Å². The fourth-order valence-corrected chi connectivity index (χ4v) is 2.81. The van der Waals surface area contributed by atoms with Gasteiger partial charge >= 0.3 is 0 Å². The van der Waals surface area contributed by atoms with Gasteiger partial charge < -0.3 is 0 Å². The molecule has 0 fully saturated rings. The zero-order valence-electron chi connectivity index (χ0n) is 9.99. The Labute approximate surface area is 120 Å². The number of nitrogens with zero attached hydrogens (tertiary/aromatic N) is 1. The van der Waals surface area contributed by atoms with Gasteiger partial charge in [-0.2, -0.15) is 0 Å². The molecule has 0 heterocycles. The average Bonchev–Trinajstić information content (AvgIpc) is 2.41. The first-order valence-electron chi connectivity index (χ1n) is 5.42. The number of anilines is 1. The van der Waals surface area contributed by atoms with E-state index in [1.165, 1.54) is 24.3 Å². The molecule has 104 valence electrons. The fraction of sp³-hybridized carbons (Fsp3) is 0. The number of rotatable bonds is 4. The second kappa shape index (κ2) is 5.48. The van der Waals surface area contributed by atoms with Gasteiger partial charge in [0.15, 0.2) is 0 Å².